The normalized spacial score (nSPS) is 10.2. The van der Waals surface area contributed by atoms with Crippen LogP contribution in [-0.2, 0) is 0 Å². The first-order valence-corrected chi connectivity index (χ1v) is 5.70. The number of hydrogen-bond donors (Lipinski definition) is 1. The van der Waals surface area contributed by atoms with Crippen LogP contribution in [0, 0.1) is 6.92 Å². The largest absolute Gasteiger partial charge is 0.477 e. The van der Waals surface area contributed by atoms with Crippen LogP contribution in [0.5, 0.6) is 0 Å². The summed E-state index contributed by atoms with van der Waals surface area (Å²) in [5.74, 6) is -0.600. The van der Waals surface area contributed by atoms with Crippen LogP contribution in [0.3, 0.4) is 0 Å². The van der Waals surface area contributed by atoms with Crippen molar-refractivity contribution in [1.82, 2.24) is 9.97 Å². The minimum absolute atomic E-state index is 0.00965. The maximum Gasteiger partial charge on any atom is 0.354 e. The van der Waals surface area contributed by atoms with Crippen molar-refractivity contribution in [2.24, 2.45) is 0 Å². The van der Waals surface area contributed by atoms with Gasteiger partial charge in [-0.25, -0.2) is 14.8 Å². The van der Waals surface area contributed by atoms with Gasteiger partial charge in [-0.2, -0.15) is 0 Å². The summed E-state index contributed by atoms with van der Waals surface area (Å²) in [6.07, 6.45) is 0. The number of hydrogen-bond acceptors (Lipinski definition) is 3. The summed E-state index contributed by atoms with van der Waals surface area (Å²) in [5, 5.41) is 8.93. The topological polar surface area (TPSA) is 63.1 Å². The molecule has 1 aromatic carbocycles. The first-order chi connectivity index (χ1) is 8.06. The van der Waals surface area contributed by atoms with Gasteiger partial charge in [0.1, 0.15) is 5.82 Å². The number of aromatic nitrogens is 2. The quantitative estimate of drug-likeness (QED) is 0.924. The average Bonchev–Trinajstić information content (AvgIpc) is 2.29. The third-order valence-electron chi connectivity index (χ3n) is 2.20. The van der Waals surface area contributed by atoms with E-state index < -0.39 is 5.97 Å². The molecule has 0 saturated heterocycles. The van der Waals surface area contributed by atoms with Gasteiger partial charge in [-0.1, -0.05) is 28.1 Å². The Labute approximate surface area is 106 Å². The molecule has 0 spiro atoms. The van der Waals surface area contributed by atoms with Crippen molar-refractivity contribution < 1.29 is 9.90 Å². The Morgan fingerprint density at radius 3 is 2.47 bits per heavy atom. The van der Waals surface area contributed by atoms with Gasteiger partial charge in [-0.3, -0.25) is 0 Å². The maximum atomic E-state index is 10.9. The lowest BCUT2D eigenvalue weighted by Crippen LogP contribution is -2.04. The molecule has 4 nitrogen and oxygen atoms in total. The van der Waals surface area contributed by atoms with Gasteiger partial charge in [0.15, 0.2) is 5.69 Å². The highest BCUT2D eigenvalue weighted by atomic mass is 79.9. The van der Waals surface area contributed by atoms with E-state index in [0.717, 1.165) is 10.0 Å². The summed E-state index contributed by atoms with van der Waals surface area (Å²) in [5.41, 5.74) is 1.49. The van der Waals surface area contributed by atoms with Crippen molar-refractivity contribution in [3.8, 4) is 11.3 Å². The number of carbonyl (C=O) groups is 1. The number of carboxylic acids is 1. The van der Waals surface area contributed by atoms with E-state index in [-0.39, 0.29) is 5.69 Å². The first kappa shape index (κ1) is 11.7. The van der Waals surface area contributed by atoms with Crippen molar-refractivity contribution in [3.05, 3.63) is 46.3 Å². The summed E-state index contributed by atoms with van der Waals surface area (Å²) >= 11 is 3.34. The fourth-order valence-corrected chi connectivity index (χ4v) is 1.71. The second kappa shape index (κ2) is 4.63. The Morgan fingerprint density at radius 1 is 1.24 bits per heavy atom. The molecule has 0 aliphatic carbocycles. The zero-order chi connectivity index (χ0) is 12.4. The minimum Gasteiger partial charge on any atom is -0.477 e. The molecule has 0 bridgehead atoms. The number of carboxylic acid groups (broad SMARTS) is 1. The summed E-state index contributed by atoms with van der Waals surface area (Å²) in [7, 11) is 0. The summed E-state index contributed by atoms with van der Waals surface area (Å²) in [6.45, 7) is 1.68. The highest BCUT2D eigenvalue weighted by Crippen LogP contribution is 2.20. The Balaban J connectivity index is 2.51. The fraction of sp³-hybridized carbons (Fsp3) is 0.0833. The Morgan fingerprint density at radius 2 is 1.88 bits per heavy atom. The number of benzene rings is 1. The Bertz CT molecular complexity index is 567. The first-order valence-electron chi connectivity index (χ1n) is 4.91. The molecule has 0 saturated carbocycles. The molecule has 2 rings (SSSR count). The van der Waals surface area contributed by atoms with Crippen LogP contribution in [0.25, 0.3) is 11.3 Å². The van der Waals surface area contributed by atoms with Gasteiger partial charge < -0.3 is 5.11 Å². The molecular formula is C12H9BrN2O2. The standard InChI is InChI=1S/C12H9BrN2O2/c1-7-14-10(6-11(15-7)12(16)17)8-2-4-9(13)5-3-8/h2-6H,1H3,(H,16,17). The molecule has 1 N–H and O–H groups in total. The van der Waals surface area contributed by atoms with Gasteiger partial charge in [-0.05, 0) is 25.1 Å². The monoisotopic (exact) mass is 292 g/mol. The van der Waals surface area contributed by atoms with Crippen molar-refractivity contribution in [1.29, 1.82) is 0 Å². The van der Waals surface area contributed by atoms with E-state index in [1.54, 1.807) is 6.92 Å². The van der Waals surface area contributed by atoms with Gasteiger partial charge in [-0.15, -0.1) is 0 Å². The molecule has 86 valence electrons. The molecule has 2 aromatic rings. The van der Waals surface area contributed by atoms with Gasteiger partial charge in [0.2, 0.25) is 0 Å². The molecule has 0 unspecified atom stereocenters. The summed E-state index contributed by atoms with van der Waals surface area (Å²) in [4.78, 5) is 19.0. The zero-order valence-corrected chi connectivity index (χ0v) is 10.6. The van der Waals surface area contributed by atoms with Gasteiger partial charge in [0, 0.05) is 10.0 Å². The van der Waals surface area contributed by atoms with E-state index in [1.165, 1.54) is 6.07 Å². The van der Waals surface area contributed by atoms with Crippen LogP contribution in [0.4, 0.5) is 0 Å². The fourth-order valence-electron chi connectivity index (χ4n) is 1.45. The van der Waals surface area contributed by atoms with E-state index in [0.29, 0.717) is 11.5 Å². The molecule has 0 aliphatic heterocycles. The third-order valence-corrected chi connectivity index (χ3v) is 2.73. The molecule has 0 atom stereocenters. The highest BCUT2D eigenvalue weighted by Gasteiger charge is 2.09. The number of aromatic carboxylic acids is 1. The van der Waals surface area contributed by atoms with Crippen molar-refractivity contribution in [2.45, 2.75) is 6.92 Å². The van der Waals surface area contributed by atoms with E-state index in [9.17, 15) is 4.79 Å². The van der Waals surface area contributed by atoms with Crippen LogP contribution in [0.15, 0.2) is 34.8 Å². The van der Waals surface area contributed by atoms with Gasteiger partial charge >= 0.3 is 5.97 Å². The Hall–Kier alpha value is -1.75. The minimum atomic E-state index is -1.05. The van der Waals surface area contributed by atoms with Crippen LogP contribution in [0.2, 0.25) is 0 Å². The van der Waals surface area contributed by atoms with E-state index in [1.807, 2.05) is 24.3 Å². The van der Waals surface area contributed by atoms with E-state index in [2.05, 4.69) is 25.9 Å². The number of halogens is 1. The number of nitrogens with zero attached hydrogens (tertiary/aromatic N) is 2. The molecule has 5 heteroatoms. The molecule has 0 fully saturated rings. The van der Waals surface area contributed by atoms with E-state index in [4.69, 9.17) is 5.11 Å². The van der Waals surface area contributed by atoms with Crippen molar-refractivity contribution in [3.63, 3.8) is 0 Å². The lowest BCUT2D eigenvalue weighted by atomic mass is 10.1. The maximum absolute atomic E-state index is 10.9. The lowest BCUT2D eigenvalue weighted by Gasteiger charge is -2.03. The molecule has 17 heavy (non-hydrogen) atoms. The Kier molecular flexibility index (Phi) is 3.19. The van der Waals surface area contributed by atoms with Crippen molar-refractivity contribution >= 4 is 21.9 Å². The van der Waals surface area contributed by atoms with Gasteiger partial charge in [0.05, 0.1) is 5.69 Å². The SMILES string of the molecule is Cc1nc(C(=O)O)cc(-c2ccc(Br)cc2)n1. The second-order valence-electron chi connectivity index (χ2n) is 3.50. The molecular weight excluding hydrogens is 284 g/mol. The highest BCUT2D eigenvalue weighted by molar-refractivity contribution is 9.10. The van der Waals surface area contributed by atoms with E-state index >= 15 is 0 Å². The zero-order valence-electron chi connectivity index (χ0n) is 9.01. The summed E-state index contributed by atoms with van der Waals surface area (Å²) in [6, 6.07) is 8.98. The van der Waals surface area contributed by atoms with Crippen LogP contribution in [0.1, 0.15) is 16.3 Å². The molecule has 1 heterocycles. The van der Waals surface area contributed by atoms with Crippen molar-refractivity contribution in [2.75, 3.05) is 0 Å². The third kappa shape index (κ3) is 2.68. The van der Waals surface area contributed by atoms with Crippen LogP contribution in [-0.4, -0.2) is 21.0 Å². The molecule has 1 aromatic heterocycles. The number of aryl methyl sites for hydroxylation is 1. The molecule has 0 amide bonds. The van der Waals surface area contributed by atoms with Crippen LogP contribution >= 0.6 is 15.9 Å². The second-order valence-corrected chi connectivity index (χ2v) is 4.41. The summed E-state index contributed by atoms with van der Waals surface area (Å²) < 4.78 is 0.963. The predicted molar refractivity (Wildman–Crippen MR) is 66.9 cm³/mol. The van der Waals surface area contributed by atoms with Gasteiger partial charge in [0.25, 0.3) is 0 Å². The molecule has 0 radical (unpaired) electrons. The predicted octanol–water partition coefficient (Wildman–Crippen LogP) is 2.91. The molecule has 0 aliphatic rings. The average molecular weight is 293 g/mol. The van der Waals surface area contributed by atoms with Crippen LogP contribution < -0.4 is 0 Å². The smallest absolute Gasteiger partial charge is 0.354 e. The number of rotatable bonds is 2. The lowest BCUT2D eigenvalue weighted by molar-refractivity contribution is 0.0690.